The molecule has 5 nitrogen and oxygen atoms in total. The summed E-state index contributed by atoms with van der Waals surface area (Å²) in [6, 6.07) is 0. The molecular weight excluding hydrogens is 230 g/mol. The van der Waals surface area contributed by atoms with E-state index in [-0.39, 0.29) is 0 Å². The van der Waals surface area contributed by atoms with Crippen LogP contribution in [-0.4, -0.2) is 36.2 Å². The molecule has 18 heavy (non-hydrogen) atoms. The SMILES string of the molecule is CCOCCOCCn1nc(CC)c(N)c1CC. The Morgan fingerprint density at radius 1 is 1.06 bits per heavy atom. The third kappa shape index (κ3) is 3.99. The zero-order valence-electron chi connectivity index (χ0n) is 11.7. The van der Waals surface area contributed by atoms with Gasteiger partial charge in [0.15, 0.2) is 0 Å². The fourth-order valence-electron chi connectivity index (χ4n) is 1.90. The van der Waals surface area contributed by atoms with Gasteiger partial charge < -0.3 is 15.2 Å². The van der Waals surface area contributed by atoms with Crippen molar-refractivity contribution in [1.82, 2.24) is 9.78 Å². The molecule has 1 heterocycles. The molecule has 1 rings (SSSR count). The van der Waals surface area contributed by atoms with Crippen LogP contribution in [0.3, 0.4) is 0 Å². The van der Waals surface area contributed by atoms with Crippen LogP contribution in [0.5, 0.6) is 0 Å². The summed E-state index contributed by atoms with van der Waals surface area (Å²) in [5.74, 6) is 0. The highest BCUT2D eigenvalue weighted by Crippen LogP contribution is 2.18. The van der Waals surface area contributed by atoms with Crippen LogP contribution in [-0.2, 0) is 28.9 Å². The van der Waals surface area contributed by atoms with Gasteiger partial charge >= 0.3 is 0 Å². The number of aromatic nitrogens is 2. The van der Waals surface area contributed by atoms with Crippen molar-refractivity contribution in [2.24, 2.45) is 0 Å². The normalized spacial score (nSPS) is 11.1. The van der Waals surface area contributed by atoms with E-state index in [1.165, 1.54) is 0 Å². The van der Waals surface area contributed by atoms with E-state index in [2.05, 4.69) is 18.9 Å². The summed E-state index contributed by atoms with van der Waals surface area (Å²) in [5.41, 5.74) is 8.99. The molecule has 0 aliphatic rings. The van der Waals surface area contributed by atoms with Crippen LogP contribution in [0.1, 0.15) is 32.2 Å². The Morgan fingerprint density at radius 3 is 2.39 bits per heavy atom. The molecule has 0 saturated carbocycles. The monoisotopic (exact) mass is 255 g/mol. The van der Waals surface area contributed by atoms with Crippen LogP contribution in [0.4, 0.5) is 5.69 Å². The minimum Gasteiger partial charge on any atom is -0.396 e. The Bertz CT molecular complexity index is 350. The van der Waals surface area contributed by atoms with Crippen molar-refractivity contribution in [1.29, 1.82) is 0 Å². The van der Waals surface area contributed by atoms with Gasteiger partial charge in [-0.25, -0.2) is 0 Å². The molecule has 5 heteroatoms. The second-order valence-corrected chi connectivity index (χ2v) is 4.05. The minimum absolute atomic E-state index is 0.632. The average molecular weight is 255 g/mol. The van der Waals surface area contributed by atoms with Crippen LogP contribution < -0.4 is 5.73 Å². The number of nitrogen functional groups attached to an aromatic ring is 1. The summed E-state index contributed by atoms with van der Waals surface area (Å²) >= 11 is 0. The van der Waals surface area contributed by atoms with Crippen LogP contribution in [0.15, 0.2) is 0 Å². The van der Waals surface area contributed by atoms with E-state index in [9.17, 15) is 0 Å². The van der Waals surface area contributed by atoms with E-state index in [1.807, 2.05) is 11.6 Å². The topological polar surface area (TPSA) is 62.3 Å². The maximum Gasteiger partial charge on any atom is 0.0854 e. The van der Waals surface area contributed by atoms with Gasteiger partial charge in [0.25, 0.3) is 0 Å². The summed E-state index contributed by atoms with van der Waals surface area (Å²) in [7, 11) is 0. The van der Waals surface area contributed by atoms with Gasteiger partial charge in [-0.1, -0.05) is 13.8 Å². The molecule has 0 fully saturated rings. The van der Waals surface area contributed by atoms with Gasteiger partial charge in [-0.05, 0) is 19.8 Å². The molecule has 0 atom stereocenters. The highest BCUT2D eigenvalue weighted by atomic mass is 16.5. The largest absolute Gasteiger partial charge is 0.396 e. The first-order chi connectivity index (χ1) is 8.74. The number of hydrogen-bond acceptors (Lipinski definition) is 4. The van der Waals surface area contributed by atoms with E-state index in [0.29, 0.717) is 19.8 Å². The molecule has 104 valence electrons. The average Bonchev–Trinajstić information content (AvgIpc) is 2.69. The van der Waals surface area contributed by atoms with Crippen molar-refractivity contribution in [3.05, 3.63) is 11.4 Å². The minimum atomic E-state index is 0.632. The number of rotatable bonds is 9. The van der Waals surface area contributed by atoms with Crippen molar-refractivity contribution in [3.8, 4) is 0 Å². The highest BCUT2D eigenvalue weighted by Gasteiger charge is 2.11. The third-order valence-corrected chi connectivity index (χ3v) is 2.87. The van der Waals surface area contributed by atoms with Crippen molar-refractivity contribution in [3.63, 3.8) is 0 Å². The van der Waals surface area contributed by atoms with E-state index >= 15 is 0 Å². The van der Waals surface area contributed by atoms with Crippen molar-refractivity contribution < 1.29 is 9.47 Å². The fourth-order valence-corrected chi connectivity index (χ4v) is 1.90. The van der Waals surface area contributed by atoms with E-state index < -0.39 is 0 Å². The molecule has 0 saturated heterocycles. The number of ether oxygens (including phenoxy) is 2. The fraction of sp³-hybridized carbons (Fsp3) is 0.769. The van der Waals surface area contributed by atoms with Gasteiger partial charge in [0, 0.05) is 6.61 Å². The first kappa shape index (κ1) is 15.0. The van der Waals surface area contributed by atoms with E-state index in [1.54, 1.807) is 0 Å². The first-order valence-corrected chi connectivity index (χ1v) is 6.74. The molecule has 0 aliphatic carbocycles. The third-order valence-electron chi connectivity index (χ3n) is 2.87. The van der Waals surface area contributed by atoms with Gasteiger partial charge in [0.1, 0.15) is 0 Å². The first-order valence-electron chi connectivity index (χ1n) is 6.74. The lowest BCUT2D eigenvalue weighted by atomic mass is 10.2. The van der Waals surface area contributed by atoms with E-state index in [0.717, 1.165) is 43.1 Å². The van der Waals surface area contributed by atoms with Gasteiger partial charge in [0.05, 0.1) is 43.4 Å². The summed E-state index contributed by atoms with van der Waals surface area (Å²) in [6.45, 7) is 9.56. The molecule has 0 spiro atoms. The standard InChI is InChI=1S/C13H25N3O2/c1-4-11-13(14)12(5-2)16(15-11)7-8-18-10-9-17-6-3/h4-10,14H2,1-3H3. The Morgan fingerprint density at radius 2 is 1.78 bits per heavy atom. The van der Waals surface area contributed by atoms with Crippen molar-refractivity contribution in [2.45, 2.75) is 40.2 Å². The van der Waals surface area contributed by atoms with Gasteiger partial charge in [-0.3, -0.25) is 4.68 Å². The lowest BCUT2D eigenvalue weighted by molar-refractivity contribution is 0.0485. The second-order valence-electron chi connectivity index (χ2n) is 4.05. The molecule has 1 aromatic rings. The summed E-state index contributed by atoms with van der Waals surface area (Å²) in [6.07, 6.45) is 1.77. The van der Waals surface area contributed by atoms with Crippen molar-refractivity contribution >= 4 is 5.69 Å². The number of nitrogens with two attached hydrogens (primary N) is 1. The number of nitrogens with zero attached hydrogens (tertiary/aromatic N) is 2. The smallest absolute Gasteiger partial charge is 0.0854 e. The molecule has 0 radical (unpaired) electrons. The molecular formula is C13H25N3O2. The molecule has 0 aromatic carbocycles. The summed E-state index contributed by atoms with van der Waals surface area (Å²) in [4.78, 5) is 0. The second kappa shape index (κ2) is 8.11. The molecule has 0 amide bonds. The number of aryl methyl sites for hydroxylation is 1. The number of anilines is 1. The Kier molecular flexibility index (Phi) is 6.75. The van der Waals surface area contributed by atoms with Gasteiger partial charge in [-0.2, -0.15) is 5.10 Å². The van der Waals surface area contributed by atoms with Crippen LogP contribution in [0.2, 0.25) is 0 Å². The highest BCUT2D eigenvalue weighted by molar-refractivity contribution is 5.48. The van der Waals surface area contributed by atoms with Crippen LogP contribution in [0, 0.1) is 0 Å². The Hall–Kier alpha value is -1.07. The van der Waals surface area contributed by atoms with Crippen LogP contribution in [0.25, 0.3) is 0 Å². The lowest BCUT2D eigenvalue weighted by Crippen LogP contribution is -2.13. The quantitative estimate of drug-likeness (QED) is 0.681. The number of hydrogen-bond donors (Lipinski definition) is 1. The maximum atomic E-state index is 6.05. The van der Waals surface area contributed by atoms with Crippen molar-refractivity contribution in [2.75, 3.05) is 32.2 Å². The lowest BCUT2D eigenvalue weighted by Gasteiger charge is -2.07. The molecule has 0 unspecified atom stereocenters. The predicted octanol–water partition coefficient (Wildman–Crippen LogP) is 1.64. The zero-order valence-corrected chi connectivity index (χ0v) is 11.7. The van der Waals surface area contributed by atoms with E-state index in [4.69, 9.17) is 15.2 Å². The predicted molar refractivity (Wildman–Crippen MR) is 72.7 cm³/mol. The summed E-state index contributed by atoms with van der Waals surface area (Å²) in [5, 5.41) is 4.51. The Labute approximate surface area is 109 Å². The zero-order chi connectivity index (χ0) is 13.4. The molecule has 1 aromatic heterocycles. The molecule has 0 aliphatic heterocycles. The maximum absolute atomic E-state index is 6.05. The van der Waals surface area contributed by atoms with Gasteiger partial charge in [0.2, 0.25) is 0 Å². The van der Waals surface area contributed by atoms with Crippen LogP contribution >= 0.6 is 0 Å². The Balaban J connectivity index is 2.41. The molecule has 0 bridgehead atoms. The molecule has 2 N–H and O–H groups in total. The summed E-state index contributed by atoms with van der Waals surface area (Å²) < 4.78 is 12.7. The van der Waals surface area contributed by atoms with Gasteiger partial charge in [-0.15, -0.1) is 0 Å².